The summed E-state index contributed by atoms with van der Waals surface area (Å²) < 4.78 is 53.1. The zero-order chi connectivity index (χ0) is 69.0. The smallest absolute Gasteiger partial charge is 0.493 e. The highest BCUT2D eigenvalue weighted by molar-refractivity contribution is 7.47. The van der Waals surface area contributed by atoms with E-state index in [-0.39, 0.29) is 63.5 Å². The molecule has 514 valence electrons. The van der Waals surface area contributed by atoms with Crippen LogP contribution in [0.4, 0.5) is 10.6 Å². The normalized spacial score (nSPS) is 17.3. The van der Waals surface area contributed by atoms with Crippen molar-refractivity contribution in [2.24, 2.45) is 22.6 Å². The van der Waals surface area contributed by atoms with Crippen LogP contribution in [0, 0.1) is 11.8 Å². The van der Waals surface area contributed by atoms with Crippen LogP contribution in [-0.2, 0) is 53.7 Å². The molecule has 1 aliphatic heterocycles. The second-order valence-electron chi connectivity index (χ2n) is 24.6. The first kappa shape index (κ1) is 74.0. The van der Waals surface area contributed by atoms with Crippen molar-refractivity contribution in [3.05, 3.63) is 130 Å². The molecule has 1 aromatic heterocycles. The Morgan fingerprint density at radius 2 is 1.38 bits per heavy atom. The number of amides is 4. The number of hydroxylamine groups is 1. The summed E-state index contributed by atoms with van der Waals surface area (Å²) in [5.41, 5.74) is 13.9. The maximum Gasteiger partial charge on any atom is 0.493 e. The first-order valence-corrected chi connectivity index (χ1v) is 33.2. The second kappa shape index (κ2) is 34.8. The second-order valence-corrected chi connectivity index (χ2v) is 26.4. The zero-order valence-corrected chi connectivity index (χ0v) is 55.8. The molecule has 0 bridgehead atoms. The van der Waals surface area contributed by atoms with Gasteiger partial charge < -0.3 is 71.5 Å². The van der Waals surface area contributed by atoms with E-state index in [1.807, 2.05) is 86.1 Å². The van der Waals surface area contributed by atoms with Crippen LogP contribution in [-0.4, -0.2) is 135 Å². The minimum Gasteiger partial charge on any atom is -0.493 e. The van der Waals surface area contributed by atoms with E-state index < -0.39 is 111 Å². The molecular weight excluding hydrogens is 1270 g/mol. The third kappa shape index (κ3) is 22.4. The molecule has 4 unspecified atom stereocenters. The predicted octanol–water partition coefficient (Wildman–Crippen LogP) is 7.25. The molecular formula is C66H86ClN10O17P. The monoisotopic (exact) mass is 1360 g/mol. The summed E-state index contributed by atoms with van der Waals surface area (Å²) in [6, 6.07) is 27.4. The van der Waals surface area contributed by atoms with Gasteiger partial charge in [0.1, 0.15) is 66.0 Å². The number of benzene rings is 5. The largest absolute Gasteiger partial charge is 0.493 e. The van der Waals surface area contributed by atoms with Gasteiger partial charge in [0.25, 0.3) is 5.91 Å². The third-order valence-electron chi connectivity index (χ3n) is 14.9. The quantitative estimate of drug-likeness (QED) is 0.00484. The van der Waals surface area contributed by atoms with Crippen LogP contribution in [0.5, 0.6) is 11.5 Å². The number of phosphoric ester groups is 1. The molecule has 7 rings (SSSR count). The number of hydrogen-bond donors (Lipinski definition) is 10. The van der Waals surface area contributed by atoms with Gasteiger partial charge in [-0.05, 0) is 123 Å². The van der Waals surface area contributed by atoms with E-state index >= 15 is 0 Å². The van der Waals surface area contributed by atoms with Gasteiger partial charge >= 0.3 is 25.6 Å². The molecule has 95 heavy (non-hydrogen) atoms. The topological polar surface area (TPSA) is 387 Å². The molecule has 5 aromatic carbocycles. The molecule has 4 amide bonds. The summed E-state index contributed by atoms with van der Waals surface area (Å²) in [5, 5.41) is 36.2. The molecule has 1 saturated heterocycles. The summed E-state index contributed by atoms with van der Waals surface area (Å²) in [7, 11) is -5.05. The van der Waals surface area contributed by atoms with Gasteiger partial charge in [0.15, 0.2) is 12.8 Å². The number of esters is 1. The fourth-order valence-electron chi connectivity index (χ4n) is 10.2. The standard InChI is InChI=1S/C66H86ClN10O17P/c1-39(2)30-34-88-50-27-25-41-17-8-11-20-44(41)55(50)56-45-21-12-9-18-42(45)26-28-51(56)89-38-54(78)72-47(23-14-15-31-71-65(85)93-66(5,6)7)59(81)73-48(60(82)74-49(35-40(3)4)62(83)90-36-43-19-10-13-22-46(43)67)24-16-32-70-63(69)76-94-95(86,87)91-37-52-57(79)58(80)61(92-52)77-33-29-53(68)75-64(77)84/h8-13,17-22,25-29,33,39-40,47-49,52,57-58,61,79-80H,14-16,23-24,30-32,34-38H2,1-7H3,(H,71,85)(H,72,78)(H,73,81)(H,74,82)(H,86,87)(H2,68,75,84)(H3,69,70,76)/t47?,48?,49?,52-,57-,58-,61-/m1/s1. The fourth-order valence-corrected chi connectivity index (χ4v) is 11.0. The Hall–Kier alpha value is -8.40. The number of nitrogens with zero attached hydrogens (tertiary/aromatic N) is 3. The number of rotatable bonds is 33. The van der Waals surface area contributed by atoms with Gasteiger partial charge in [-0.15, -0.1) is 0 Å². The van der Waals surface area contributed by atoms with Crippen LogP contribution in [0.25, 0.3) is 32.7 Å². The Kier molecular flexibility index (Phi) is 27.1. The van der Waals surface area contributed by atoms with E-state index in [1.54, 1.807) is 51.1 Å². The van der Waals surface area contributed by atoms with Crippen molar-refractivity contribution < 1.29 is 76.5 Å². The predicted molar refractivity (Wildman–Crippen MR) is 356 cm³/mol. The third-order valence-corrected chi connectivity index (χ3v) is 16.1. The first-order valence-electron chi connectivity index (χ1n) is 31.3. The number of aromatic nitrogens is 2. The number of carbonyl (C=O) groups excluding carboxylic acids is 5. The van der Waals surface area contributed by atoms with Gasteiger partial charge in [0.05, 0.1) is 13.2 Å². The van der Waals surface area contributed by atoms with Crippen molar-refractivity contribution in [3.8, 4) is 22.6 Å². The molecule has 12 N–H and O–H groups in total. The number of aliphatic hydroxyl groups is 2. The summed E-state index contributed by atoms with van der Waals surface area (Å²) in [6.07, 6.45) is -4.34. The number of halogens is 1. The van der Waals surface area contributed by atoms with E-state index in [0.29, 0.717) is 46.6 Å². The average Bonchev–Trinajstić information content (AvgIpc) is 1.33. The maximum atomic E-state index is 14.8. The van der Waals surface area contributed by atoms with Crippen LogP contribution < -0.4 is 53.4 Å². The van der Waals surface area contributed by atoms with Crippen molar-refractivity contribution in [2.45, 2.75) is 148 Å². The minimum absolute atomic E-state index is 0.00485. The lowest BCUT2D eigenvalue weighted by Crippen LogP contribution is -2.56. The number of nitrogens with one attached hydrogen (secondary N) is 5. The van der Waals surface area contributed by atoms with Crippen molar-refractivity contribution in [1.82, 2.24) is 36.3 Å². The molecule has 1 aliphatic rings. The first-order chi connectivity index (χ1) is 45.2. The summed E-state index contributed by atoms with van der Waals surface area (Å²) in [5.74, 6) is -2.48. The van der Waals surface area contributed by atoms with Crippen LogP contribution in [0.2, 0.25) is 5.02 Å². The Balaban J connectivity index is 1.09. The van der Waals surface area contributed by atoms with Crippen molar-refractivity contribution in [3.63, 3.8) is 0 Å². The number of nitrogens with two attached hydrogens (primary N) is 2. The number of hydrogen-bond acceptors (Lipinski definition) is 19. The van der Waals surface area contributed by atoms with Gasteiger partial charge in [-0.2, -0.15) is 9.61 Å². The van der Waals surface area contributed by atoms with Gasteiger partial charge in [-0.25, -0.2) is 24.4 Å². The van der Waals surface area contributed by atoms with E-state index in [4.69, 9.17) is 55.9 Å². The van der Waals surface area contributed by atoms with E-state index in [0.717, 1.165) is 38.1 Å². The Bertz CT molecular complexity index is 3760. The van der Waals surface area contributed by atoms with E-state index in [2.05, 4.69) is 45.1 Å². The van der Waals surface area contributed by atoms with Crippen LogP contribution in [0.1, 0.15) is 105 Å². The maximum absolute atomic E-state index is 14.8. The minimum atomic E-state index is -5.05. The fraction of sp³-hybridized carbons (Fsp3) is 0.455. The molecule has 0 radical (unpaired) electrons. The molecule has 27 nitrogen and oxygen atoms in total. The van der Waals surface area contributed by atoms with Crippen LogP contribution >= 0.6 is 19.4 Å². The van der Waals surface area contributed by atoms with Gasteiger partial charge in [-0.3, -0.25) is 28.5 Å². The van der Waals surface area contributed by atoms with E-state index in [1.165, 1.54) is 12.3 Å². The number of nitrogen functional groups attached to an aromatic ring is 1. The molecule has 8 atom stereocenters. The number of aliphatic imine (C=N–C) groups is 1. The molecule has 0 aliphatic carbocycles. The Morgan fingerprint density at radius 1 is 0.768 bits per heavy atom. The molecule has 6 aromatic rings. The van der Waals surface area contributed by atoms with Gasteiger partial charge in [0.2, 0.25) is 17.8 Å². The van der Waals surface area contributed by atoms with Crippen LogP contribution in [0.15, 0.2) is 119 Å². The number of ether oxygens (including phenoxy) is 5. The lowest BCUT2D eigenvalue weighted by atomic mass is 9.92. The van der Waals surface area contributed by atoms with Gasteiger partial charge in [0, 0.05) is 41.0 Å². The lowest BCUT2D eigenvalue weighted by molar-refractivity contribution is -0.150. The van der Waals surface area contributed by atoms with Crippen molar-refractivity contribution in [1.29, 1.82) is 0 Å². The number of unbranched alkanes of at least 4 members (excludes halogenated alkanes) is 1. The zero-order valence-electron chi connectivity index (χ0n) is 54.2. The summed E-state index contributed by atoms with van der Waals surface area (Å²) in [4.78, 5) is 101. The summed E-state index contributed by atoms with van der Waals surface area (Å²) in [6.45, 7) is 11.9. The molecule has 1 fully saturated rings. The number of carbonyl (C=O) groups is 5. The number of fused-ring (bicyclic) bond motifs is 2. The Morgan fingerprint density at radius 3 is 2.01 bits per heavy atom. The number of anilines is 1. The number of aliphatic hydroxyl groups excluding tert-OH is 2. The summed E-state index contributed by atoms with van der Waals surface area (Å²) >= 11 is 6.36. The highest BCUT2D eigenvalue weighted by Gasteiger charge is 2.45. The number of phosphoric acid groups is 1. The van der Waals surface area contributed by atoms with Gasteiger partial charge in [-0.1, -0.05) is 118 Å². The molecule has 0 spiro atoms. The molecule has 2 heterocycles. The Labute approximate surface area is 555 Å². The molecule has 29 heteroatoms. The number of alkyl carbamates (subject to hydrolysis) is 1. The number of guanidine groups is 1. The molecule has 0 saturated carbocycles. The lowest BCUT2D eigenvalue weighted by Gasteiger charge is -2.26. The SMILES string of the molecule is CC(C)CCOc1ccc2ccccc2c1-c1c(OCC(=O)NC(CCCCNC(=O)OC(C)(C)C)C(=O)NC(CCCN=C(N)NOP(=O)(O)OC[C@H]2O[C@@H](n3ccc(N)nc3=O)[C@H](O)[C@@H]2O)C(=O)NC(CC(C)C)C(=O)OCc2ccccc2Cl)ccc2ccccc12. The van der Waals surface area contributed by atoms with Crippen molar-refractivity contribution >= 4 is 82.5 Å². The average molecular weight is 1360 g/mol. The van der Waals surface area contributed by atoms with Crippen LogP contribution in [0.3, 0.4) is 0 Å². The highest BCUT2D eigenvalue weighted by Crippen LogP contribution is 2.46. The van der Waals surface area contributed by atoms with E-state index in [9.17, 15) is 48.4 Å². The highest BCUT2D eigenvalue weighted by atomic mass is 35.5. The van der Waals surface area contributed by atoms with Crippen molar-refractivity contribution in [2.75, 3.05) is 38.6 Å².